The molecule has 1 aliphatic carbocycles. The molecule has 0 aromatic heterocycles. The van der Waals surface area contributed by atoms with Gasteiger partial charge < -0.3 is 0 Å². The molecule has 1 aromatic carbocycles. The SMILES string of the molecule is NNC(=O)c1ccc(F)c(CSCC2CCCC2)c1. The number of thioether (sulfide) groups is 1. The van der Waals surface area contributed by atoms with E-state index in [9.17, 15) is 9.18 Å². The Kier molecular flexibility index (Phi) is 5.22. The van der Waals surface area contributed by atoms with Crippen LogP contribution in [0.5, 0.6) is 0 Å². The first-order valence-corrected chi connectivity index (χ1v) is 7.73. The topological polar surface area (TPSA) is 55.1 Å². The van der Waals surface area contributed by atoms with E-state index in [0.717, 1.165) is 11.7 Å². The molecule has 1 aromatic rings. The number of carbonyl (C=O) groups excluding carboxylic acids is 1. The predicted molar refractivity (Wildman–Crippen MR) is 76.2 cm³/mol. The van der Waals surface area contributed by atoms with Crippen LogP contribution in [0.3, 0.4) is 0 Å². The van der Waals surface area contributed by atoms with Crippen LogP contribution in [0.4, 0.5) is 4.39 Å². The van der Waals surface area contributed by atoms with E-state index >= 15 is 0 Å². The lowest BCUT2D eigenvalue weighted by molar-refractivity contribution is 0.0953. The second-order valence-electron chi connectivity index (χ2n) is 4.95. The molecule has 104 valence electrons. The predicted octanol–water partition coefficient (Wildman–Crippen LogP) is 2.85. The van der Waals surface area contributed by atoms with Crippen molar-refractivity contribution >= 4 is 17.7 Å². The van der Waals surface area contributed by atoms with Gasteiger partial charge in [-0.25, -0.2) is 10.2 Å². The Morgan fingerprint density at radius 3 is 2.84 bits per heavy atom. The Hall–Kier alpha value is -1.07. The van der Waals surface area contributed by atoms with E-state index in [1.807, 2.05) is 0 Å². The van der Waals surface area contributed by atoms with Crippen molar-refractivity contribution in [3.8, 4) is 0 Å². The van der Waals surface area contributed by atoms with Gasteiger partial charge in [-0.2, -0.15) is 11.8 Å². The molecule has 0 bridgehead atoms. The van der Waals surface area contributed by atoms with Gasteiger partial charge in [0.15, 0.2) is 0 Å². The van der Waals surface area contributed by atoms with Crippen LogP contribution >= 0.6 is 11.8 Å². The molecule has 1 amide bonds. The van der Waals surface area contributed by atoms with Crippen LogP contribution in [0.2, 0.25) is 0 Å². The molecule has 0 atom stereocenters. The average molecular weight is 282 g/mol. The maximum Gasteiger partial charge on any atom is 0.265 e. The number of hydrazine groups is 1. The van der Waals surface area contributed by atoms with Crippen molar-refractivity contribution in [3.05, 3.63) is 35.1 Å². The van der Waals surface area contributed by atoms with Crippen molar-refractivity contribution in [2.75, 3.05) is 5.75 Å². The summed E-state index contributed by atoms with van der Waals surface area (Å²) in [4.78, 5) is 11.4. The summed E-state index contributed by atoms with van der Waals surface area (Å²) in [6.07, 6.45) is 5.24. The second kappa shape index (κ2) is 6.91. The fourth-order valence-electron chi connectivity index (χ4n) is 2.42. The lowest BCUT2D eigenvalue weighted by Crippen LogP contribution is -2.30. The Morgan fingerprint density at radius 2 is 2.16 bits per heavy atom. The van der Waals surface area contributed by atoms with Gasteiger partial charge in [-0.3, -0.25) is 10.2 Å². The van der Waals surface area contributed by atoms with E-state index in [0.29, 0.717) is 16.9 Å². The second-order valence-corrected chi connectivity index (χ2v) is 5.98. The molecule has 0 aliphatic heterocycles. The fourth-order valence-corrected chi connectivity index (χ4v) is 3.65. The van der Waals surface area contributed by atoms with Crippen LogP contribution in [0.15, 0.2) is 18.2 Å². The first-order valence-electron chi connectivity index (χ1n) is 6.58. The third-order valence-corrected chi connectivity index (χ3v) is 4.75. The summed E-state index contributed by atoms with van der Waals surface area (Å²) in [5.41, 5.74) is 3.04. The summed E-state index contributed by atoms with van der Waals surface area (Å²) in [5, 5.41) is 0. The number of benzene rings is 1. The molecule has 0 heterocycles. The van der Waals surface area contributed by atoms with Crippen LogP contribution in [-0.4, -0.2) is 11.7 Å². The van der Waals surface area contributed by atoms with E-state index in [1.54, 1.807) is 17.8 Å². The van der Waals surface area contributed by atoms with Gasteiger partial charge in [-0.05, 0) is 48.3 Å². The normalized spacial score (nSPS) is 15.7. The summed E-state index contributed by atoms with van der Waals surface area (Å²) in [5.74, 6) is 6.90. The van der Waals surface area contributed by atoms with Crippen molar-refractivity contribution < 1.29 is 9.18 Å². The fraction of sp³-hybridized carbons (Fsp3) is 0.500. The molecular formula is C14H19FN2OS. The lowest BCUT2D eigenvalue weighted by Gasteiger charge is -2.09. The minimum Gasteiger partial charge on any atom is -0.290 e. The highest BCUT2D eigenvalue weighted by Crippen LogP contribution is 2.29. The van der Waals surface area contributed by atoms with Crippen molar-refractivity contribution in [3.63, 3.8) is 0 Å². The number of halogens is 1. The lowest BCUT2D eigenvalue weighted by atomic mass is 10.1. The zero-order valence-corrected chi connectivity index (χ0v) is 11.6. The van der Waals surface area contributed by atoms with Gasteiger partial charge >= 0.3 is 0 Å². The molecule has 5 heteroatoms. The standard InChI is InChI=1S/C14H19FN2OS/c15-13-6-5-11(14(18)17-16)7-12(13)9-19-8-10-3-1-2-4-10/h5-7,10H,1-4,8-9,16H2,(H,17,18). The number of nitrogens with two attached hydrogens (primary N) is 1. The third-order valence-electron chi connectivity index (χ3n) is 3.52. The summed E-state index contributed by atoms with van der Waals surface area (Å²) < 4.78 is 13.7. The Morgan fingerprint density at radius 1 is 1.42 bits per heavy atom. The molecule has 1 fully saturated rings. The van der Waals surface area contributed by atoms with E-state index in [4.69, 9.17) is 5.84 Å². The summed E-state index contributed by atoms with van der Waals surface area (Å²) >= 11 is 1.74. The minimum absolute atomic E-state index is 0.257. The molecule has 0 unspecified atom stereocenters. The average Bonchev–Trinajstić information content (AvgIpc) is 2.93. The Bertz CT molecular complexity index is 447. The summed E-state index contributed by atoms with van der Waals surface area (Å²) in [6, 6.07) is 4.36. The van der Waals surface area contributed by atoms with E-state index in [1.165, 1.54) is 37.8 Å². The highest BCUT2D eigenvalue weighted by Gasteiger charge is 2.15. The molecule has 2 rings (SSSR count). The van der Waals surface area contributed by atoms with E-state index in [-0.39, 0.29) is 11.7 Å². The maximum absolute atomic E-state index is 13.7. The summed E-state index contributed by atoms with van der Waals surface area (Å²) in [7, 11) is 0. The number of rotatable bonds is 5. The number of hydrogen-bond acceptors (Lipinski definition) is 3. The first-order chi connectivity index (χ1) is 9.20. The van der Waals surface area contributed by atoms with E-state index < -0.39 is 0 Å². The van der Waals surface area contributed by atoms with Crippen LogP contribution < -0.4 is 11.3 Å². The number of hydrogen-bond donors (Lipinski definition) is 2. The first kappa shape index (κ1) is 14.3. The Balaban J connectivity index is 1.92. The molecule has 19 heavy (non-hydrogen) atoms. The van der Waals surface area contributed by atoms with E-state index in [2.05, 4.69) is 5.43 Å². The molecule has 3 nitrogen and oxygen atoms in total. The zero-order chi connectivity index (χ0) is 13.7. The molecule has 0 saturated heterocycles. The minimum atomic E-state index is -0.387. The van der Waals surface area contributed by atoms with Crippen molar-refractivity contribution in [1.29, 1.82) is 0 Å². The Labute approximate surface area is 117 Å². The molecule has 0 spiro atoms. The highest BCUT2D eigenvalue weighted by atomic mass is 32.2. The van der Waals surface area contributed by atoms with Gasteiger partial charge in [0.1, 0.15) is 5.82 Å². The van der Waals surface area contributed by atoms with Crippen LogP contribution in [0.25, 0.3) is 0 Å². The smallest absolute Gasteiger partial charge is 0.265 e. The number of carbonyl (C=O) groups is 1. The highest BCUT2D eigenvalue weighted by molar-refractivity contribution is 7.98. The van der Waals surface area contributed by atoms with Crippen molar-refractivity contribution in [2.45, 2.75) is 31.4 Å². The van der Waals surface area contributed by atoms with Crippen LogP contribution in [-0.2, 0) is 5.75 Å². The van der Waals surface area contributed by atoms with Gasteiger partial charge in [0.25, 0.3) is 5.91 Å². The number of nitrogens with one attached hydrogen (secondary N) is 1. The van der Waals surface area contributed by atoms with Gasteiger partial charge in [-0.15, -0.1) is 0 Å². The summed E-state index contributed by atoms with van der Waals surface area (Å²) in [6.45, 7) is 0. The van der Waals surface area contributed by atoms with Gasteiger partial charge in [0.05, 0.1) is 0 Å². The van der Waals surface area contributed by atoms with Gasteiger partial charge in [0, 0.05) is 11.3 Å². The zero-order valence-electron chi connectivity index (χ0n) is 10.8. The number of nitrogen functional groups attached to an aromatic ring is 1. The molecule has 1 aliphatic rings. The molecule has 1 saturated carbocycles. The van der Waals surface area contributed by atoms with Crippen molar-refractivity contribution in [1.82, 2.24) is 5.43 Å². The van der Waals surface area contributed by atoms with Gasteiger partial charge in [-0.1, -0.05) is 12.8 Å². The molecular weight excluding hydrogens is 263 g/mol. The monoisotopic (exact) mass is 282 g/mol. The third kappa shape index (κ3) is 3.94. The van der Waals surface area contributed by atoms with Crippen LogP contribution in [0.1, 0.15) is 41.6 Å². The number of amides is 1. The maximum atomic E-state index is 13.7. The molecule has 3 N–H and O–H groups in total. The molecule has 0 radical (unpaired) electrons. The van der Waals surface area contributed by atoms with Crippen LogP contribution in [0, 0.1) is 11.7 Å². The largest absolute Gasteiger partial charge is 0.290 e. The quantitative estimate of drug-likeness (QED) is 0.496. The van der Waals surface area contributed by atoms with Gasteiger partial charge in [0.2, 0.25) is 0 Å². The van der Waals surface area contributed by atoms with Crippen molar-refractivity contribution in [2.24, 2.45) is 11.8 Å².